The maximum atomic E-state index is 12.5. The second-order valence-corrected chi connectivity index (χ2v) is 8.10. The maximum Gasteiger partial charge on any atom is 0.319 e. The lowest BCUT2D eigenvalue weighted by Crippen LogP contribution is -2.47. The largest absolute Gasteiger partial charge is 0.396 e. The van der Waals surface area contributed by atoms with Gasteiger partial charge in [0.15, 0.2) is 0 Å². The molecule has 3 rings (SSSR count). The molecule has 126 valence electrons. The molecule has 4 atom stereocenters. The van der Waals surface area contributed by atoms with E-state index in [1.807, 2.05) is 18.2 Å². The summed E-state index contributed by atoms with van der Waals surface area (Å²) in [5.41, 5.74) is 1.97. The highest BCUT2D eigenvalue weighted by Crippen LogP contribution is 2.48. The molecule has 0 aliphatic heterocycles. The zero-order valence-electron chi connectivity index (χ0n) is 14.3. The number of rotatable bonds is 3. The van der Waals surface area contributed by atoms with Crippen LogP contribution in [0.2, 0.25) is 0 Å². The van der Waals surface area contributed by atoms with Gasteiger partial charge in [0.2, 0.25) is 0 Å². The van der Waals surface area contributed by atoms with Crippen molar-refractivity contribution in [2.24, 2.45) is 17.8 Å². The quantitative estimate of drug-likeness (QED) is 0.799. The van der Waals surface area contributed by atoms with Gasteiger partial charge in [-0.05, 0) is 48.1 Å². The lowest BCUT2D eigenvalue weighted by atomic mass is 9.85. The summed E-state index contributed by atoms with van der Waals surface area (Å²) in [6, 6.07) is 7.91. The van der Waals surface area contributed by atoms with Crippen LogP contribution in [-0.2, 0) is 5.41 Å². The Kier molecular flexibility index (Phi) is 4.37. The fourth-order valence-electron chi connectivity index (χ4n) is 4.45. The van der Waals surface area contributed by atoms with E-state index >= 15 is 0 Å². The van der Waals surface area contributed by atoms with Crippen molar-refractivity contribution < 1.29 is 9.90 Å². The second kappa shape index (κ2) is 6.16. The van der Waals surface area contributed by atoms with E-state index in [2.05, 4.69) is 37.5 Å². The van der Waals surface area contributed by atoms with Gasteiger partial charge in [0.1, 0.15) is 0 Å². The molecule has 2 aliphatic carbocycles. The standard InChI is InChI=1S/C19H28N2O2/c1-19(2,3)15-6-4-5-7-16(15)20-18(23)21-17-13-9-8-12(10-13)14(17)11-22/h4-7,12-14,17,22H,8-11H2,1-3H3,(H2,20,21,23). The number of hydrogen-bond acceptors (Lipinski definition) is 2. The zero-order chi connectivity index (χ0) is 16.6. The van der Waals surface area contributed by atoms with Gasteiger partial charge >= 0.3 is 6.03 Å². The van der Waals surface area contributed by atoms with Crippen LogP contribution < -0.4 is 10.6 Å². The van der Waals surface area contributed by atoms with Gasteiger partial charge in [-0.1, -0.05) is 39.0 Å². The van der Waals surface area contributed by atoms with E-state index in [4.69, 9.17) is 0 Å². The molecule has 0 heterocycles. The molecule has 0 spiro atoms. The Morgan fingerprint density at radius 1 is 1.22 bits per heavy atom. The number of urea groups is 1. The average Bonchev–Trinajstić information content (AvgIpc) is 3.07. The molecule has 2 fully saturated rings. The fraction of sp³-hybridized carbons (Fsp3) is 0.632. The summed E-state index contributed by atoms with van der Waals surface area (Å²) >= 11 is 0. The number of benzene rings is 1. The molecule has 4 unspecified atom stereocenters. The number of hydrogen-bond donors (Lipinski definition) is 3. The van der Waals surface area contributed by atoms with E-state index in [-0.39, 0.29) is 30.0 Å². The molecule has 2 saturated carbocycles. The minimum absolute atomic E-state index is 0.0239. The van der Waals surface area contributed by atoms with E-state index < -0.39 is 0 Å². The SMILES string of the molecule is CC(C)(C)c1ccccc1NC(=O)NC1C2CCC(C2)C1CO. The smallest absolute Gasteiger partial charge is 0.319 e. The number of para-hydroxylation sites is 1. The Bertz CT molecular complexity index is 579. The van der Waals surface area contributed by atoms with E-state index in [0.29, 0.717) is 11.8 Å². The lowest BCUT2D eigenvalue weighted by molar-refractivity contribution is 0.146. The number of nitrogens with one attached hydrogen (secondary N) is 2. The van der Waals surface area contributed by atoms with Crippen LogP contribution in [0.25, 0.3) is 0 Å². The molecular formula is C19H28N2O2. The Hall–Kier alpha value is -1.55. The summed E-state index contributed by atoms with van der Waals surface area (Å²) in [6.45, 7) is 6.60. The van der Waals surface area contributed by atoms with Crippen molar-refractivity contribution in [3.63, 3.8) is 0 Å². The van der Waals surface area contributed by atoms with Crippen LogP contribution in [0.3, 0.4) is 0 Å². The third-order valence-electron chi connectivity index (χ3n) is 5.58. The minimum Gasteiger partial charge on any atom is -0.396 e. The van der Waals surface area contributed by atoms with Crippen LogP contribution in [0.1, 0.15) is 45.6 Å². The Morgan fingerprint density at radius 2 is 1.91 bits per heavy atom. The fourth-order valence-corrected chi connectivity index (χ4v) is 4.45. The molecule has 1 aromatic carbocycles. The molecule has 23 heavy (non-hydrogen) atoms. The summed E-state index contributed by atoms with van der Waals surface area (Å²) in [6.07, 6.45) is 3.52. The number of aliphatic hydroxyl groups is 1. The first-order valence-electron chi connectivity index (χ1n) is 8.68. The van der Waals surface area contributed by atoms with Gasteiger partial charge in [-0.15, -0.1) is 0 Å². The van der Waals surface area contributed by atoms with Gasteiger partial charge in [0.05, 0.1) is 0 Å². The van der Waals surface area contributed by atoms with Crippen LogP contribution in [0, 0.1) is 17.8 Å². The zero-order valence-corrected chi connectivity index (χ0v) is 14.3. The van der Waals surface area contributed by atoms with Gasteiger partial charge in [-0.2, -0.15) is 0 Å². The first-order valence-corrected chi connectivity index (χ1v) is 8.68. The minimum atomic E-state index is -0.155. The van der Waals surface area contributed by atoms with Gasteiger partial charge in [0, 0.05) is 24.3 Å². The van der Waals surface area contributed by atoms with E-state index in [9.17, 15) is 9.90 Å². The lowest BCUT2D eigenvalue weighted by Gasteiger charge is -2.31. The topological polar surface area (TPSA) is 61.4 Å². The third kappa shape index (κ3) is 3.23. The Morgan fingerprint density at radius 3 is 2.61 bits per heavy atom. The number of amides is 2. The van der Waals surface area contributed by atoms with Gasteiger partial charge < -0.3 is 15.7 Å². The molecule has 3 N–H and O–H groups in total. The second-order valence-electron chi connectivity index (χ2n) is 8.10. The van der Waals surface area contributed by atoms with Crippen molar-refractivity contribution in [1.82, 2.24) is 5.32 Å². The van der Waals surface area contributed by atoms with Gasteiger partial charge in [-0.3, -0.25) is 0 Å². The van der Waals surface area contributed by atoms with Gasteiger partial charge in [0.25, 0.3) is 0 Å². The monoisotopic (exact) mass is 316 g/mol. The average molecular weight is 316 g/mol. The van der Waals surface area contributed by atoms with Gasteiger partial charge in [-0.25, -0.2) is 4.79 Å². The van der Waals surface area contributed by atoms with Crippen molar-refractivity contribution >= 4 is 11.7 Å². The van der Waals surface area contributed by atoms with Crippen LogP contribution in [-0.4, -0.2) is 23.8 Å². The summed E-state index contributed by atoms with van der Waals surface area (Å²) in [4.78, 5) is 12.5. The van der Waals surface area contributed by atoms with Crippen molar-refractivity contribution in [3.8, 4) is 0 Å². The molecular weight excluding hydrogens is 288 g/mol. The number of carbonyl (C=O) groups is 1. The first kappa shape index (κ1) is 16.3. The van der Waals surface area contributed by atoms with Crippen LogP contribution >= 0.6 is 0 Å². The summed E-state index contributed by atoms with van der Waals surface area (Å²) in [5.74, 6) is 1.33. The van der Waals surface area contributed by atoms with Crippen molar-refractivity contribution in [2.75, 3.05) is 11.9 Å². The highest BCUT2D eigenvalue weighted by atomic mass is 16.3. The molecule has 1 aromatic rings. The predicted molar refractivity (Wildman–Crippen MR) is 92.5 cm³/mol. The van der Waals surface area contributed by atoms with E-state index in [0.717, 1.165) is 17.7 Å². The predicted octanol–water partition coefficient (Wildman–Crippen LogP) is 3.51. The summed E-state index contributed by atoms with van der Waals surface area (Å²) in [5, 5.41) is 15.8. The Labute approximate surface area is 138 Å². The molecule has 2 aliphatic rings. The highest BCUT2D eigenvalue weighted by molar-refractivity contribution is 5.90. The number of fused-ring (bicyclic) bond motifs is 2. The normalized spacial score (nSPS) is 29.6. The number of carbonyl (C=O) groups excluding carboxylic acids is 1. The molecule has 4 heteroatoms. The molecule has 0 aromatic heterocycles. The van der Waals surface area contributed by atoms with E-state index in [1.165, 1.54) is 12.8 Å². The van der Waals surface area contributed by atoms with Crippen molar-refractivity contribution in [1.29, 1.82) is 0 Å². The summed E-state index contributed by atoms with van der Waals surface area (Å²) in [7, 11) is 0. The molecule has 4 nitrogen and oxygen atoms in total. The van der Waals surface area contributed by atoms with Crippen molar-refractivity contribution in [2.45, 2.75) is 51.5 Å². The molecule has 2 amide bonds. The summed E-state index contributed by atoms with van der Waals surface area (Å²) < 4.78 is 0. The number of aliphatic hydroxyl groups excluding tert-OH is 1. The third-order valence-corrected chi connectivity index (χ3v) is 5.58. The maximum absolute atomic E-state index is 12.5. The molecule has 0 saturated heterocycles. The van der Waals surface area contributed by atoms with Crippen molar-refractivity contribution in [3.05, 3.63) is 29.8 Å². The molecule has 0 radical (unpaired) electrons. The van der Waals surface area contributed by atoms with Crippen LogP contribution in [0.15, 0.2) is 24.3 Å². The number of anilines is 1. The van der Waals surface area contributed by atoms with E-state index in [1.54, 1.807) is 0 Å². The van der Waals surface area contributed by atoms with Crippen LogP contribution in [0.5, 0.6) is 0 Å². The highest BCUT2D eigenvalue weighted by Gasteiger charge is 2.47. The van der Waals surface area contributed by atoms with Crippen LogP contribution in [0.4, 0.5) is 10.5 Å². The Balaban J connectivity index is 1.69. The molecule has 2 bridgehead atoms. The first-order chi connectivity index (χ1) is 10.9.